The minimum atomic E-state index is -0.312. The number of carbonyl (C=O) groups is 1. The molecule has 1 aromatic carbocycles. The van der Waals surface area contributed by atoms with Gasteiger partial charge in [0.1, 0.15) is 5.82 Å². The lowest BCUT2D eigenvalue weighted by Crippen LogP contribution is -2.40. The van der Waals surface area contributed by atoms with Crippen LogP contribution in [0.15, 0.2) is 42.6 Å². The van der Waals surface area contributed by atoms with Crippen LogP contribution in [-0.2, 0) is 11.2 Å². The highest BCUT2D eigenvalue weighted by Gasteiger charge is 2.30. The summed E-state index contributed by atoms with van der Waals surface area (Å²) in [5.74, 6) is -0.289. The summed E-state index contributed by atoms with van der Waals surface area (Å²) in [5.41, 5.74) is 3.38. The number of fused-ring (bicyclic) bond motifs is 1. The number of aryl methyl sites for hydroxylation is 1. The van der Waals surface area contributed by atoms with E-state index in [2.05, 4.69) is 10.1 Å². The van der Waals surface area contributed by atoms with Crippen LogP contribution in [0.1, 0.15) is 42.3 Å². The maximum Gasteiger partial charge on any atom is 0.227 e. The molecule has 0 N–H and O–H groups in total. The number of piperidine rings is 1. The smallest absolute Gasteiger partial charge is 0.227 e. The van der Waals surface area contributed by atoms with E-state index in [4.69, 9.17) is 0 Å². The predicted octanol–water partition coefficient (Wildman–Crippen LogP) is 3.47. The molecule has 1 atom stereocenters. The van der Waals surface area contributed by atoms with Crippen molar-refractivity contribution in [1.82, 2.24) is 19.5 Å². The van der Waals surface area contributed by atoms with Gasteiger partial charge >= 0.3 is 0 Å². The second-order valence-corrected chi connectivity index (χ2v) is 6.83. The van der Waals surface area contributed by atoms with Gasteiger partial charge in [0.25, 0.3) is 0 Å². The number of hydrogen-bond acceptors (Lipinski definition) is 3. The zero-order valence-corrected chi connectivity index (χ0v) is 14.7. The van der Waals surface area contributed by atoms with Gasteiger partial charge in [-0.25, -0.2) is 13.9 Å². The first kappa shape index (κ1) is 16.7. The lowest BCUT2D eigenvalue weighted by atomic mass is 9.98. The summed E-state index contributed by atoms with van der Waals surface area (Å²) in [7, 11) is 0. The van der Waals surface area contributed by atoms with E-state index in [0.717, 1.165) is 36.3 Å². The Labute approximate surface area is 151 Å². The molecule has 0 radical (unpaired) electrons. The first-order chi connectivity index (χ1) is 12.6. The van der Waals surface area contributed by atoms with Crippen molar-refractivity contribution in [2.75, 3.05) is 6.54 Å². The molecule has 1 aliphatic rings. The molecule has 0 bridgehead atoms. The Balaban J connectivity index is 1.64. The van der Waals surface area contributed by atoms with E-state index in [1.54, 1.807) is 18.3 Å². The van der Waals surface area contributed by atoms with Gasteiger partial charge in [0.2, 0.25) is 5.91 Å². The van der Waals surface area contributed by atoms with Gasteiger partial charge in [0.05, 0.1) is 23.9 Å². The van der Waals surface area contributed by atoms with Crippen LogP contribution in [0, 0.1) is 12.7 Å². The molecular formula is C20H21FN4O. The van der Waals surface area contributed by atoms with Crippen molar-refractivity contribution in [3.63, 3.8) is 0 Å². The number of likely N-dealkylation sites (tertiary alicyclic amines) is 1. The number of halogens is 1. The minimum absolute atomic E-state index is 0.0224. The zero-order valence-electron chi connectivity index (χ0n) is 14.7. The highest BCUT2D eigenvalue weighted by molar-refractivity contribution is 5.79. The fraction of sp³-hybridized carbons (Fsp3) is 0.350. The molecule has 0 saturated carbocycles. The average Bonchev–Trinajstić information content (AvgIpc) is 3.02. The van der Waals surface area contributed by atoms with E-state index >= 15 is 0 Å². The summed E-state index contributed by atoms with van der Waals surface area (Å²) in [4.78, 5) is 19.2. The number of carbonyl (C=O) groups excluding carboxylic acids is 1. The largest absolute Gasteiger partial charge is 0.334 e. The fourth-order valence-corrected chi connectivity index (χ4v) is 3.74. The van der Waals surface area contributed by atoms with Gasteiger partial charge in [-0.2, -0.15) is 5.10 Å². The van der Waals surface area contributed by atoms with Gasteiger partial charge in [-0.05, 0) is 49.9 Å². The van der Waals surface area contributed by atoms with Crippen molar-refractivity contribution < 1.29 is 9.18 Å². The van der Waals surface area contributed by atoms with E-state index in [0.29, 0.717) is 12.1 Å². The Kier molecular flexibility index (Phi) is 4.41. The third-order valence-electron chi connectivity index (χ3n) is 4.92. The van der Waals surface area contributed by atoms with E-state index in [-0.39, 0.29) is 24.2 Å². The first-order valence-corrected chi connectivity index (χ1v) is 8.97. The lowest BCUT2D eigenvalue weighted by Gasteiger charge is -2.36. The second-order valence-electron chi connectivity index (χ2n) is 6.83. The third kappa shape index (κ3) is 3.19. The highest BCUT2D eigenvalue weighted by atomic mass is 19.1. The molecular weight excluding hydrogens is 331 g/mol. The Morgan fingerprint density at radius 3 is 3.00 bits per heavy atom. The number of nitrogens with zero attached hydrogens (tertiary/aromatic N) is 4. The molecule has 2 aromatic heterocycles. The van der Waals surface area contributed by atoms with Crippen LogP contribution in [-0.4, -0.2) is 31.9 Å². The quantitative estimate of drug-likeness (QED) is 0.725. The predicted molar refractivity (Wildman–Crippen MR) is 96.1 cm³/mol. The summed E-state index contributed by atoms with van der Waals surface area (Å²) in [6.45, 7) is 2.65. The normalized spacial score (nSPS) is 17.6. The Morgan fingerprint density at radius 2 is 2.15 bits per heavy atom. The third-order valence-corrected chi connectivity index (χ3v) is 4.92. The monoisotopic (exact) mass is 352 g/mol. The van der Waals surface area contributed by atoms with Gasteiger partial charge in [0, 0.05) is 18.8 Å². The number of benzene rings is 1. The van der Waals surface area contributed by atoms with Gasteiger partial charge in [0.15, 0.2) is 5.65 Å². The van der Waals surface area contributed by atoms with Crippen LogP contribution in [0.2, 0.25) is 0 Å². The zero-order chi connectivity index (χ0) is 18.1. The summed E-state index contributed by atoms with van der Waals surface area (Å²) in [5, 5.41) is 4.54. The van der Waals surface area contributed by atoms with Gasteiger partial charge in [-0.15, -0.1) is 0 Å². The van der Waals surface area contributed by atoms with Crippen LogP contribution >= 0.6 is 0 Å². The molecule has 1 saturated heterocycles. The van der Waals surface area contributed by atoms with Crippen molar-refractivity contribution in [2.24, 2.45) is 0 Å². The fourth-order valence-electron chi connectivity index (χ4n) is 3.74. The van der Waals surface area contributed by atoms with Crippen molar-refractivity contribution in [2.45, 2.75) is 38.6 Å². The highest BCUT2D eigenvalue weighted by Crippen LogP contribution is 2.31. The number of amides is 1. The second kappa shape index (κ2) is 6.86. The maximum atomic E-state index is 13.4. The summed E-state index contributed by atoms with van der Waals surface area (Å²) in [6.07, 6.45) is 4.93. The molecule has 3 heterocycles. The topological polar surface area (TPSA) is 50.5 Å². The first-order valence-electron chi connectivity index (χ1n) is 8.97. The standard InChI is InChI=1S/C20H21FN4O/c1-14-11-19-22-9-8-18(25(19)23-14)17-7-2-3-10-24(17)20(26)13-15-5-4-6-16(21)12-15/h4-6,8-9,11-12,17H,2-3,7,10,13H2,1H3/t17-/m1/s1. The molecule has 0 aliphatic carbocycles. The van der Waals surface area contributed by atoms with Crippen molar-refractivity contribution in [3.05, 3.63) is 65.4 Å². The summed E-state index contributed by atoms with van der Waals surface area (Å²) < 4.78 is 15.3. The average molecular weight is 352 g/mol. The van der Waals surface area contributed by atoms with Crippen molar-refractivity contribution >= 4 is 11.6 Å². The SMILES string of the molecule is Cc1cc2nccc([C@H]3CCCCN3C(=O)Cc3cccc(F)c3)n2n1. The van der Waals surface area contributed by atoms with E-state index in [1.165, 1.54) is 12.1 Å². The molecule has 4 rings (SSSR count). The van der Waals surface area contributed by atoms with E-state index in [9.17, 15) is 9.18 Å². The minimum Gasteiger partial charge on any atom is -0.334 e. The molecule has 26 heavy (non-hydrogen) atoms. The Bertz CT molecular complexity index is 952. The van der Waals surface area contributed by atoms with Gasteiger partial charge in [-0.3, -0.25) is 4.79 Å². The maximum absolute atomic E-state index is 13.4. The summed E-state index contributed by atoms with van der Waals surface area (Å²) in [6, 6.07) is 10.1. The van der Waals surface area contributed by atoms with Crippen molar-refractivity contribution in [3.8, 4) is 0 Å². The van der Waals surface area contributed by atoms with Crippen LogP contribution in [0.3, 0.4) is 0 Å². The number of rotatable bonds is 3. The molecule has 5 nitrogen and oxygen atoms in total. The molecule has 134 valence electrons. The Morgan fingerprint density at radius 1 is 1.27 bits per heavy atom. The van der Waals surface area contributed by atoms with E-state index < -0.39 is 0 Å². The number of aromatic nitrogens is 3. The lowest BCUT2D eigenvalue weighted by molar-refractivity contribution is -0.134. The van der Waals surface area contributed by atoms with E-state index in [1.807, 2.05) is 28.5 Å². The van der Waals surface area contributed by atoms with Gasteiger partial charge < -0.3 is 4.90 Å². The molecule has 0 spiro atoms. The number of hydrogen-bond donors (Lipinski definition) is 0. The molecule has 6 heteroatoms. The molecule has 1 amide bonds. The Hall–Kier alpha value is -2.76. The van der Waals surface area contributed by atoms with Crippen LogP contribution in [0.25, 0.3) is 5.65 Å². The van der Waals surface area contributed by atoms with Crippen molar-refractivity contribution in [1.29, 1.82) is 0 Å². The van der Waals surface area contributed by atoms with Crippen LogP contribution in [0.4, 0.5) is 4.39 Å². The van der Waals surface area contributed by atoms with Crippen LogP contribution < -0.4 is 0 Å². The summed E-state index contributed by atoms with van der Waals surface area (Å²) >= 11 is 0. The molecule has 1 fully saturated rings. The molecule has 3 aromatic rings. The van der Waals surface area contributed by atoms with Gasteiger partial charge in [-0.1, -0.05) is 12.1 Å². The molecule has 0 unspecified atom stereocenters. The molecule has 1 aliphatic heterocycles. The van der Waals surface area contributed by atoms with Crippen LogP contribution in [0.5, 0.6) is 0 Å².